The molecular weight excluding hydrogens is 294 g/mol. The van der Waals surface area contributed by atoms with Crippen LogP contribution >= 0.6 is 0 Å². The summed E-state index contributed by atoms with van der Waals surface area (Å²) in [5, 5.41) is 0. The Balaban J connectivity index is 1.80. The van der Waals surface area contributed by atoms with Crippen molar-refractivity contribution in [1.29, 1.82) is 0 Å². The Morgan fingerprint density at radius 3 is 1.96 bits per heavy atom. The molecule has 1 rings (SSSR count). The Bertz CT molecular complexity index is 336. The van der Waals surface area contributed by atoms with Crippen molar-refractivity contribution < 1.29 is 0 Å². The average molecular weight is 336 g/mol. The minimum atomic E-state index is 0.119. The summed E-state index contributed by atoms with van der Waals surface area (Å²) in [6, 6.07) is 0. The third kappa shape index (κ3) is 10.1. The summed E-state index contributed by atoms with van der Waals surface area (Å²) in [6.07, 6.45) is 21.1. The number of hydrogen-bond acceptors (Lipinski definition) is 3. The molecule has 0 aromatic rings. The summed E-state index contributed by atoms with van der Waals surface area (Å²) in [7, 11) is 0. The van der Waals surface area contributed by atoms with Gasteiger partial charge in [0.25, 0.3) is 0 Å². The summed E-state index contributed by atoms with van der Waals surface area (Å²) in [4.78, 5) is 6.86. The van der Waals surface area contributed by atoms with Crippen LogP contribution in [0.2, 0.25) is 0 Å². The quantitative estimate of drug-likeness (QED) is 0.292. The van der Waals surface area contributed by atoms with Gasteiger partial charge in [0.15, 0.2) is 0 Å². The van der Waals surface area contributed by atoms with Gasteiger partial charge in [0, 0.05) is 13.0 Å². The maximum atomic E-state index is 5.98. The first-order valence-corrected chi connectivity index (χ1v) is 10.4. The molecule has 2 N–H and O–H groups in total. The number of hydrogen-bond donors (Lipinski definition) is 1. The first kappa shape index (κ1) is 21.2. The molecule has 0 aromatic heterocycles. The Kier molecular flexibility index (Phi) is 12.8. The molecule has 3 heteroatoms. The molecular formula is C21H41N3. The van der Waals surface area contributed by atoms with E-state index in [0.717, 1.165) is 19.5 Å². The van der Waals surface area contributed by atoms with E-state index in [9.17, 15) is 0 Å². The maximum Gasteiger partial charge on any atom is 0.100 e. The second kappa shape index (κ2) is 14.5. The van der Waals surface area contributed by atoms with Crippen molar-refractivity contribution in [3.63, 3.8) is 0 Å². The van der Waals surface area contributed by atoms with Crippen molar-refractivity contribution >= 4 is 5.84 Å². The molecule has 0 spiro atoms. The van der Waals surface area contributed by atoms with E-state index in [-0.39, 0.29) is 6.17 Å². The largest absolute Gasteiger partial charge is 0.343 e. The molecule has 0 aliphatic carbocycles. The number of allylic oxidation sites excluding steroid dienone is 1. The zero-order valence-corrected chi connectivity index (χ0v) is 16.1. The van der Waals surface area contributed by atoms with Gasteiger partial charge >= 0.3 is 0 Å². The van der Waals surface area contributed by atoms with Gasteiger partial charge in [0.2, 0.25) is 0 Å². The second-order valence-corrected chi connectivity index (χ2v) is 7.30. The van der Waals surface area contributed by atoms with E-state index in [1.165, 1.54) is 89.3 Å². The minimum Gasteiger partial charge on any atom is -0.343 e. The predicted octanol–water partition coefficient (Wildman–Crippen LogP) is 5.65. The smallest absolute Gasteiger partial charge is 0.100 e. The van der Waals surface area contributed by atoms with Crippen molar-refractivity contribution in [1.82, 2.24) is 4.90 Å². The van der Waals surface area contributed by atoms with Crippen LogP contribution in [0.25, 0.3) is 0 Å². The lowest BCUT2D eigenvalue weighted by Crippen LogP contribution is -2.41. The van der Waals surface area contributed by atoms with Gasteiger partial charge in [-0.25, -0.2) is 0 Å². The van der Waals surface area contributed by atoms with Crippen molar-refractivity contribution in [3.05, 3.63) is 12.7 Å². The minimum absolute atomic E-state index is 0.119. The van der Waals surface area contributed by atoms with Gasteiger partial charge in [-0.15, -0.1) is 6.58 Å². The Morgan fingerprint density at radius 2 is 1.46 bits per heavy atom. The molecule has 0 bridgehead atoms. The molecule has 0 amide bonds. The first-order chi connectivity index (χ1) is 11.8. The standard InChI is InChI=1S/C21H41N3/c1-3-4-5-6-7-8-9-10-11-12-13-14-15-16-17-21-23-18-19-24(21)20(2)22/h3,20H,1,4-19,22H2,2H3. The lowest BCUT2D eigenvalue weighted by atomic mass is 10.0. The zero-order valence-electron chi connectivity index (χ0n) is 16.1. The first-order valence-electron chi connectivity index (χ1n) is 10.4. The molecule has 1 heterocycles. The number of unbranched alkanes of at least 4 members (excludes halogenated alkanes) is 12. The summed E-state index contributed by atoms with van der Waals surface area (Å²) in [6.45, 7) is 7.78. The highest BCUT2D eigenvalue weighted by Crippen LogP contribution is 2.15. The van der Waals surface area contributed by atoms with E-state index in [0.29, 0.717) is 0 Å². The molecule has 0 saturated heterocycles. The Hall–Kier alpha value is -0.830. The highest BCUT2D eigenvalue weighted by atomic mass is 15.3. The molecule has 0 radical (unpaired) electrons. The number of nitrogens with zero attached hydrogens (tertiary/aromatic N) is 2. The van der Waals surface area contributed by atoms with Crippen molar-refractivity contribution in [2.24, 2.45) is 10.7 Å². The van der Waals surface area contributed by atoms with E-state index < -0.39 is 0 Å². The maximum absolute atomic E-state index is 5.98. The lowest BCUT2D eigenvalue weighted by Gasteiger charge is -2.24. The third-order valence-electron chi connectivity index (χ3n) is 5.02. The molecule has 1 aliphatic heterocycles. The highest BCUT2D eigenvalue weighted by Gasteiger charge is 2.18. The SMILES string of the molecule is C=CCCCCCCCCCCCCCCC1=NCCN1C(C)N. The van der Waals surface area contributed by atoms with Crippen LogP contribution in [0.1, 0.15) is 96.8 Å². The summed E-state index contributed by atoms with van der Waals surface area (Å²) in [5.74, 6) is 1.25. The van der Waals surface area contributed by atoms with Crippen LogP contribution in [0, 0.1) is 0 Å². The third-order valence-corrected chi connectivity index (χ3v) is 5.02. The molecule has 140 valence electrons. The lowest BCUT2D eigenvalue weighted by molar-refractivity contribution is 0.358. The van der Waals surface area contributed by atoms with Crippen LogP contribution in [0.5, 0.6) is 0 Å². The molecule has 3 nitrogen and oxygen atoms in total. The molecule has 1 aliphatic rings. The molecule has 0 fully saturated rings. The van der Waals surface area contributed by atoms with Gasteiger partial charge in [0.1, 0.15) is 5.84 Å². The fourth-order valence-electron chi connectivity index (χ4n) is 3.51. The monoisotopic (exact) mass is 335 g/mol. The number of rotatable bonds is 16. The van der Waals surface area contributed by atoms with Gasteiger partial charge in [-0.1, -0.05) is 70.3 Å². The molecule has 0 aromatic carbocycles. The second-order valence-electron chi connectivity index (χ2n) is 7.30. The average Bonchev–Trinajstić information content (AvgIpc) is 3.04. The summed E-state index contributed by atoms with van der Waals surface area (Å²) < 4.78 is 0. The molecule has 0 saturated carbocycles. The van der Waals surface area contributed by atoms with Crippen molar-refractivity contribution in [2.45, 2.75) is 103 Å². The van der Waals surface area contributed by atoms with Gasteiger partial charge in [0.05, 0.1) is 12.7 Å². The van der Waals surface area contributed by atoms with Gasteiger partial charge in [-0.05, 0) is 26.2 Å². The van der Waals surface area contributed by atoms with Crippen molar-refractivity contribution in [3.8, 4) is 0 Å². The van der Waals surface area contributed by atoms with Crippen LogP contribution in [-0.2, 0) is 0 Å². The van der Waals surface area contributed by atoms with Gasteiger partial charge < -0.3 is 10.6 Å². The Morgan fingerprint density at radius 1 is 0.958 bits per heavy atom. The van der Waals surface area contributed by atoms with Crippen LogP contribution in [0.3, 0.4) is 0 Å². The zero-order chi connectivity index (χ0) is 17.5. The van der Waals surface area contributed by atoms with Crippen LogP contribution in [-0.4, -0.2) is 30.0 Å². The van der Waals surface area contributed by atoms with Gasteiger partial charge in [-0.3, -0.25) is 4.99 Å². The topological polar surface area (TPSA) is 41.6 Å². The number of amidine groups is 1. The fraction of sp³-hybridized carbons (Fsp3) is 0.857. The number of aliphatic imine (C=N–C) groups is 1. The van der Waals surface area contributed by atoms with Crippen LogP contribution < -0.4 is 5.73 Å². The van der Waals surface area contributed by atoms with Crippen LogP contribution in [0.15, 0.2) is 17.6 Å². The van der Waals surface area contributed by atoms with E-state index in [1.807, 2.05) is 6.08 Å². The molecule has 1 atom stereocenters. The normalized spacial score (nSPS) is 15.6. The highest BCUT2D eigenvalue weighted by molar-refractivity contribution is 5.83. The molecule has 24 heavy (non-hydrogen) atoms. The summed E-state index contributed by atoms with van der Waals surface area (Å²) >= 11 is 0. The van der Waals surface area contributed by atoms with Crippen molar-refractivity contribution in [2.75, 3.05) is 13.1 Å². The van der Waals surface area contributed by atoms with E-state index in [1.54, 1.807) is 0 Å². The van der Waals surface area contributed by atoms with E-state index in [4.69, 9.17) is 5.73 Å². The van der Waals surface area contributed by atoms with Gasteiger partial charge in [-0.2, -0.15) is 0 Å². The number of nitrogens with two attached hydrogens (primary N) is 1. The van der Waals surface area contributed by atoms with Crippen LogP contribution in [0.4, 0.5) is 0 Å². The Labute approximate surface area is 150 Å². The summed E-state index contributed by atoms with van der Waals surface area (Å²) in [5.41, 5.74) is 5.98. The van der Waals surface area contributed by atoms with E-state index in [2.05, 4.69) is 23.4 Å². The predicted molar refractivity (Wildman–Crippen MR) is 107 cm³/mol. The fourth-order valence-corrected chi connectivity index (χ4v) is 3.51. The molecule has 1 unspecified atom stereocenters. The van der Waals surface area contributed by atoms with E-state index >= 15 is 0 Å².